The van der Waals surface area contributed by atoms with E-state index in [4.69, 9.17) is 15.2 Å². The number of carbonyl (C=O) groups excluding carboxylic acids is 2. The number of aromatic nitrogens is 5. The zero-order valence-corrected chi connectivity index (χ0v) is 26.2. The van der Waals surface area contributed by atoms with E-state index in [1.54, 1.807) is 40.0 Å². The Morgan fingerprint density at radius 3 is 2.50 bits per heavy atom. The third-order valence-electron chi connectivity index (χ3n) is 7.35. The molecule has 3 atom stereocenters. The first-order valence-corrected chi connectivity index (χ1v) is 15.0. The molecule has 0 aliphatic heterocycles. The van der Waals surface area contributed by atoms with E-state index < -0.39 is 35.5 Å². The fraction of sp³-hybridized carbons (Fsp3) is 0.375. The van der Waals surface area contributed by atoms with Crippen molar-refractivity contribution in [3.63, 3.8) is 0 Å². The Morgan fingerprint density at radius 1 is 1.07 bits per heavy atom. The van der Waals surface area contributed by atoms with E-state index in [1.165, 1.54) is 17.2 Å². The van der Waals surface area contributed by atoms with Crippen LogP contribution in [0.5, 0.6) is 0 Å². The Bertz CT molecular complexity index is 1660. The smallest absolute Gasteiger partial charge is 0.407 e. The van der Waals surface area contributed by atoms with Gasteiger partial charge in [-0.25, -0.2) is 14.2 Å². The van der Waals surface area contributed by atoms with Crippen LogP contribution in [0.2, 0.25) is 0 Å². The average Bonchev–Trinajstić information content (AvgIpc) is 3.54. The molecule has 1 aliphatic carbocycles. The first kappa shape index (κ1) is 32.3. The van der Waals surface area contributed by atoms with Crippen molar-refractivity contribution >= 4 is 29.3 Å². The maximum absolute atomic E-state index is 15.5. The van der Waals surface area contributed by atoms with Gasteiger partial charge in [-0.3, -0.25) is 9.78 Å². The molecule has 1 fully saturated rings. The third-order valence-corrected chi connectivity index (χ3v) is 7.35. The fourth-order valence-electron chi connectivity index (χ4n) is 5.18. The van der Waals surface area contributed by atoms with E-state index in [9.17, 15) is 9.59 Å². The molecule has 2 amide bonds. The van der Waals surface area contributed by atoms with Crippen molar-refractivity contribution in [2.24, 2.45) is 5.73 Å². The molecule has 0 spiro atoms. The minimum Gasteiger partial charge on any atom is -0.444 e. The van der Waals surface area contributed by atoms with Gasteiger partial charge in [-0.2, -0.15) is 10.2 Å². The molecule has 4 aromatic rings. The van der Waals surface area contributed by atoms with Crippen molar-refractivity contribution in [2.75, 3.05) is 10.6 Å². The van der Waals surface area contributed by atoms with Gasteiger partial charge in [-0.05, 0) is 64.7 Å². The van der Waals surface area contributed by atoms with Gasteiger partial charge in [-0.15, -0.1) is 4.80 Å². The summed E-state index contributed by atoms with van der Waals surface area (Å²) in [6, 6.07) is 11.7. The molecule has 3 aromatic heterocycles. The highest BCUT2D eigenvalue weighted by atomic mass is 19.1. The van der Waals surface area contributed by atoms with E-state index in [0.29, 0.717) is 42.9 Å². The first-order chi connectivity index (χ1) is 21.9. The van der Waals surface area contributed by atoms with Gasteiger partial charge in [0, 0.05) is 6.04 Å². The number of hydrogen-bond acceptors (Lipinski definition) is 10. The number of pyridine rings is 2. The monoisotopic (exact) mass is 631 g/mol. The number of carbonyl (C=O) groups is 2. The number of nitrogens with zero attached hydrogens (tertiary/aromatic N) is 5. The molecular formula is C32H38FN9O4. The Balaban J connectivity index is 1.38. The summed E-state index contributed by atoms with van der Waals surface area (Å²) in [6.07, 6.45) is 5.51. The molecule has 5 N–H and O–H groups in total. The van der Waals surface area contributed by atoms with Gasteiger partial charge >= 0.3 is 6.09 Å². The normalized spacial score (nSPS) is 18.1. The highest BCUT2D eigenvalue weighted by molar-refractivity contribution is 5.98. The molecule has 3 unspecified atom stereocenters. The number of hydrogen-bond donors (Lipinski definition) is 4. The highest BCUT2D eigenvalue weighted by Crippen LogP contribution is 2.29. The standard InChI is InChI=1S/C32H38FN9O4/c1-19-27(42-36-12-13-37-42)14-21(17-35-19)38-29-23(28(34)43)16-24(33)30(41-29)39-25-11-10-22(45-18-20-8-6-5-7-9-20)15-26(25)40-31(44)46-32(2,3)4/h5-9,12-14,16-17,22,25-26H,10-11,15,18H2,1-4H3,(H2,34,43)(H,40,44)(H2,38,39,41). The minimum absolute atomic E-state index is 0.0259. The number of alkyl carbamates (subject to hydrolysis) is 1. The number of ether oxygens (including phenoxy) is 2. The molecule has 1 saturated carbocycles. The Labute approximate surface area is 266 Å². The van der Waals surface area contributed by atoms with E-state index in [1.807, 2.05) is 30.3 Å². The third kappa shape index (κ3) is 8.33. The fourth-order valence-corrected chi connectivity index (χ4v) is 5.18. The molecule has 13 nitrogen and oxygen atoms in total. The van der Waals surface area contributed by atoms with Crippen LogP contribution in [0.25, 0.3) is 5.69 Å². The van der Waals surface area contributed by atoms with Crippen LogP contribution < -0.4 is 21.7 Å². The molecule has 46 heavy (non-hydrogen) atoms. The van der Waals surface area contributed by atoms with Crippen molar-refractivity contribution in [2.45, 2.75) is 77.4 Å². The zero-order chi connectivity index (χ0) is 32.8. The molecule has 5 rings (SSSR count). The predicted molar refractivity (Wildman–Crippen MR) is 169 cm³/mol. The topological polar surface area (TPSA) is 171 Å². The lowest BCUT2D eigenvalue weighted by atomic mass is 9.88. The second-order valence-corrected chi connectivity index (χ2v) is 12.1. The summed E-state index contributed by atoms with van der Waals surface area (Å²) in [6.45, 7) is 7.57. The van der Waals surface area contributed by atoms with Crippen molar-refractivity contribution < 1.29 is 23.5 Å². The second kappa shape index (κ2) is 13.9. The molecule has 1 aromatic carbocycles. The first-order valence-electron chi connectivity index (χ1n) is 15.0. The van der Waals surface area contributed by atoms with Crippen LogP contribution >= 0.6 is 0 Å². The SMILES string of the molecule is Cc1ncc(Nc2nc(NC3CCC(OCc4ccccc4)CC3NC(=O)OC(C)(C)C)c(F)cc2C(N)=O)cc1-n1nccn1. The van der Waals surface area contributed by atoms with Gasteiger partial charge in [-0.1, -0.05) is 30.3 Å². The van der Waals surface area contributed by atoms with Crippen molar-refractivity contribution in [3.05, 3.63) is 83.7 Å². The van der Waals surface area contributed by atoms with Crippen molar-refractivity contribution in [1.29, 1.82) is 0 Å². The number of nitrogens with one attached hydrogen (secondary N) is 3. The molecule has 1 aliphatic rings. The maximum Gasteiger partial charge on any atom is 0.407 e. The highest BCUT2D eigenvalue weighted by Gasteiger charge is 2.34. The molecular weight excluding hydrogens is 593 g/mol. The molecule has 0 bridgehead atoms. The maximum atomic E-state index is 15.5. The summed E-state index contributed by atoms with van der Waals surface area (Å²) in [5.74, 6) is -1.74. The van der Waals surface area contributed by atoms with Crippen molar-refractivity contribution in [1.82, 2.24) is 30.3 Å². The van der Waals surface area contributed by atoms with Crippen LogP contribution in [0.4, 0.5) is 26.5 Å². The summed E-state index contributed by atoms with van der Waals surface area (Å²) in [7, 11) is 0. The predicted octanol–water partition coefficient (Wildman–Crippen LogP) is 4.79. The molecule has 14 heteroatoms. The van der Waals surface area contributed by atoms with Crippen LogP contribution in [0.15, 0.2) is 61.1 Å². The van der Waals surface area contributed by atoms with E-state index in [-0.39, 0.29) is 23.3 Å². The number of amides is 2. The average molecular weight is 632 g/mol. The number of aryl methyl sites for hydroxylation is 1. The number of rotatable bonds is 10. The van der Waals surface area contributed by atoms with E-state index in [2.05, 4.69) is 36.1 Å². The summed E-state index contributed by atoms with van der Waals surface area (Å²) in [4.78, 5) is 35.3. The van der Waals surface area contributed by atoms with Gasteiger partial charge in [0.25, 0.3) is 5.91 Å². The lowest BCUT2D eigenvalue weighted by molar-refractivity contribution is 0.00254. The number of nitrogens with two attached hydrogens (primary N) is 1. The van der Waals surface area contributed by atoms with Gasteiger partial charge < -0.3 is 31.2 Å². The van der Waals surface area contributed by atoms with Gasteiger partial charge in [0.2, 0.25) is 0 Å². The summed E-state index contributed by atoms with van der Waals surface area (Å²) in [5, 5.41) is 17.4. The van der Waals surface area contributed by atoms with Crippen LogP contribution in [-0.4, -0.2) is 60.8 Å². The summed E-state index contributed by atoms with van der Waals surface area (Å²) in [5.41, 5.74) is 7.49. The number of benzene rings is 1. The van der Waals surface area contributed by atoms with Crippen LogP contribution in [0.1, 0.15) is 61.6 Å². The second-order valence-electron chi connectivity index (χ2n) is 12.1. The Morgan fingerprint density at radius 2 is 1.80 bits per heavy atom. The van der Waals surface area contributed by atoms with Gasteiger partial charge in [0.1, 0.15) is 17.1 Å². The molecule has 242 valence electrons. The molecule has 0 saturated heterocycles. The minimum atomic E-state index is -0.866. The lowest BCUT2D eigenvalue weighted by Gasteiger charge is -2.37. The summed E-state index contributed by atoms with van der Waals surface area (Å²) >= 11 is 0. The lowest BCUT2D eigenvalue weighted by Crippen LogP contribution is -2.52. The van der Waals surface area contributed by atoms with E-state index >= 15 is 4.39 Å². The van der Waals surface area contributed by atoms with E-state index in [0.717, 1.165) is 11.6 Å². The Hall–Kier alpha value is -5.11. The number of halogens is 1. The van der Waals surface area contributed by atoms with Gasteiger partial charge in [0.15, 0.2) is 11.6 Å². The van der Waals surface area contributed by atoms with Crippen molar-refractivity contribution in [3.8, 4) is 5.69 Å². The van der Waals surface area contributed by atoms with Crippen LogP contribution in [0, 0.1) is 12.7 Å². The largest absolute Gasteiger partial charge is 0.444 e. The quantitative estimate of drug-likeness (QED) is 0.191. The zero-order valence-electron chi connectivity index (χ0n) is 26.2. The van der Waals surface area contributed by atoms with Gasteiger partial charge in [0.05, 0.1) is 54.3 Å². The number of anilines is 3. The molecule has 3 heterocycles. The molecule has 0 radical (unpaired) electrons. The van der Waals surface area contributed by atoms with Crippen LogP contribution in [0.3, 0.4) is 0 Å². The summed E-state index contributed by atoms with van der Waals surface area (Å²) < 4.78 is 27.2. The van der Waals surface area contributed by atoms with Crippen LogP contribution in [-0.2, 0) is 16.1 Å². The Kier molecular flexibility index (Phi) is 9.75. The number of primary amides is 1.